The molecule has 202 valence electrons. The number of fused-ring (bicyclic) bond motifs is 2. The lowest BCUT2D eigenvalue weighted by molar-refractivity contribution is -0.120. The van der Waals surface area contributed by atoms with Gasteiger partial charge < -0.3 is 19.7 Å². The van der Waals surface area contributed by atoms with Crippen molar-refractivity contribution in [3.63, 3.8) is 0 Å². The third-order valence-electron chi connectivity index (χ3n) is 7.13. The van der Waals surface area contributed by atoms with Gasteiger partial charge in [-0.2, -0.15) is 16.7 Å². The summed E-state index contributed by atoms with van der Waals surface area (Å²) < 4.78 is 8.09. The van der Waals surface area contributed by atoms with Crippen LogP contribution in [0.5, 0.6) is 11.6 Å². The SMILES string of the molecule is Cc1ccnc(Cn2c(-c3ccc(O)cc3Cl)nc3c(OC4(C)CC4)ncnc32)c1.O=C1CCC2SC2CN1. The molecule has 2 unspecified atom stereocenters. The van der Waals surface area contributed by atoms with Crippen LogP contribution in [0.4, 0.5) is 0 Å². The van der Waals surface area contributed by atoms with E-state index in [-0.39, 0.29) is 17.3 Å². The molecule has 1 aromatic carbocycles. The number of amides is 1. The summed E-state index contributed by atoms with van der Waals surface area (Å²) in [5, 5.41) is 14.6. The molecule has 1 amide bonds. The first-order valence-electron chi connectivity index (χ1n) is 13.0. The van der Waals surface area contributed by atoms with Crippen molar-refractivity contribution in [1.82, 2.24) is 29.8 Å². The summed E-state index contributed by atoms with van der Waals surface area (Å²) >= 11 is 8.45. The van der Waals surface area contributed by atoms with Crippen LogP contribution in [0.1, 0.15) is 43.9 Å². The number of thioether (sulfide) groups is 1. The molecule has 39 heavy (non-hydrogen) atoms. The number of nitrogens with one attached hydrogen (secondary N) is 1. The molecule has 0 spiro atoms. The van der Waals surface area contributed by atoms with E-state index in [1.165, 1.54) is 12.4 Å². The highest BCUT2D eigenvalue weighted by Gasteiger charge is 2.41. The lowest BCUT2D eigenvalue weighted by atomic mass is 10.2. The van der Waals surface area contributed by atoms with Crippen LogP contribution in [0.3, 0.4) is 0 Å². The Morgan fingerprint density at radius 2 is 2.05 bits per heavy atom. The van der Waals surface area contributed by atoms with E-state index in [0.29, 0.717) is 40.0 Å². The Morgan fingerprint density at radius 1 is 1.21 bits per heavy atom. The predicted octanol–water partition coefficient (Wildman–Crippen LogP) is 4.92. The summed E-state index contributed by atoms with van der Waals surface area (Å²) in [5.74, 6) is 1.41. The van der Waals surface area contributed by atoms with Crippen LogP contribution in [0.15, 0.2) is 42.9 Å². The zero-order valence-corrected chi connectivity index (χ0v) is 23.3. The maximum Gasteiger partial charge on any atom is 0.245 e. The molecule has 9 nitrogen and oxygen atoms in total. The summed E-state index contributed by atoms with van der Waals surface area (Å²) in [7, 11) is 0. The quantitative estimate of drug-likeness (QED) is 0.328. The molecule has 2 atom stereocenters. The minimum Gasteiger partial charge on any atom is -0.508 e. The first-order valence-corrected chi connectivity index (χ1v) is 14.3. The van der Waals surface area contributed by atoms with Crippen molar-refractivity contribution in [2.75, 3.05) is 6.54 Å². The fourth-order valence-corrected chi connectivity index (χ4v) is 5.86. The number of carbonyl (C=O) groups excluding carboxylic acids is 1. The molecule has 0 bridgehead atoms. The fraction of sp³-hybridized carbons (Fsp3) is 0.393. The van der Waals surface area contributed by atoms with E-state index in [9.17, 15) is 9.90 Å². The Labute approximate surface area is 235 Å². The molecule has 2 N–H and O–H groups in total. The van der Waals surface area contributed by atoms with Gasteiger partial charge in [0, 0.05) is 35.2 Å². The molecular formula is C28H29ClN6O3S. The largest absolute Gasteiger partial charge is 0.508 e. The van der Waals surface area contributed by atoms with E-state index in [1.54, 1.807) is 18.3 Å². The van der Waals surface area contributed by atoms with Crippen molar-refractivity contribution >= 4 is 40.4 Å². The van der Waals surface area contributed by atoms with Crippen molar-refractivity contribution in [1.29, 1.82) is 0 Å². The van der Waals surface area contributed by atoms with Gasteiger partial charge in [0.1, 0.15) is 23.5 Å². The first kappa shape index (κ1) is 25.9. The highest BCUT2D eigenvalue weighted by atomic mass is 35.5. The van der Waals surface area contributed by atoms with Gasteiger partial charge >= 0.3 is 0 Å². The lowest BCUT2D eigenvalue weighted by Crippen LogP contribution is -2.24. The molecule has 2 saturated heterocycles. The molecule has 3 aromatic heterocycles. The van der Waals surface area contributed by atoms with Crippen LogP contribution in [0.25, 0.3) is 22.6 Å². The Bertz CT molecular complexity index is 1540. The van der Waals surface area contributed by atoms with Crippen LogP contribution in [0, 0.1) is 6.92 Å². The lowest BCUT2D eigenvalue weighted by Gasteiger charge is -2.12. The molecule has 3 aliphatic rings. The number of benzene rings is 1. The number of phenolic OH excluding ortho intramolecular Hbond substituents is 1. The molecule has 4 aromatic rings. The number of phenols is 1. The number of carbonyl (C=O) groups is 1. The number of halogens is 1. The average Bonchev–Trinajstić information content (AvgIpc) is 3.80. The predicted molar refractivity (Wildman–Crippen MR) is 151 cm³/mol. The Hall–Kier alpha value is -3.37. The Kier molecular flexibility index (Phi) is 6.84. The van der Waals surface area contributed by atoms with Crippen LogP contribution in [-0.2, 0) is 11.3 Å². The van der Waals surface area contributed by atoms with E-state index in [1.807, 2.05) is 35.4 Å². The van der Waals surface area contributed by atoms with Crippen LogP contribution in [0.2, 0.25) is 5.02 Å². The second kappa shape index (κ2) is 10.3. The summed E-state index contributed by atoms with van der Waals surface area (Å²) in [6, 6.07) is 8.81. The van der Waals surface area contributed by atoms with Crippen LogP contribution >= 0.6 is 23.4 Å². The molecular weight excluding hydrogens is 536 g/mol. The van der Waals surface area contributed by atoms with Gasteiger partial charge in [-0.05, 0) is 69.0 Å². The van der Waals surface area contributed by atoms with Crippen molar-refractivity contribution < 1.29 is 14.6 Å². The van der Waals surface area contributed by atoms with E-state index < -0.39 is 0 Å². The number of aromatic hydroxyl groups is 1. The van der Waals surface area contributed by atoms with E-state index in [0.717, 1.165) is 54.0 Å². The summed E-state index contributed by atoms with van der Waals surface area (Å²) in [6.07, 6.45) is 7.10. The molecule has 1 aliphatic carbocycles. The van der Waals surface area contributed by atoms with Crippen molar-refractivity contribution in [2.24, 2.45) is 0 Å². The van der Waals surface area contributed by atoms with Gasteiger partial charge in [-0.1, -0.05) is 11.6 Å². The maximum atomic E-state index is 10.7. The van der Waals surface area contributed by atoms with Gasteiger partial charge in [0.25, 0.3) is 0 Å². The zero-order chi connectivity index (χ0) is 27.1. The second-order valence-electron chi connectivity index (χ2n) is 10.5. The van der Waals surface area contributed by atoms with Crippen LogP contribution < -0.4 is 10.1 Å². The van der Waals surface area contributed by atoms with Gasteiger partial charge in [0.2, 0.25) is 11.8 Å². The van der Waals surface area contributed by atoms with E-state index in [2.05, 4.69) is 27.2 Å². The Balaban J connectivity index is 0.000000258. The standard InChI is InChI=1S/C22H20ClN5O2.C6H9NOS/c1-13-5-8-24-14(9-13)11-28-19(16-4-3-15(29)10-17(16)23)27-18-20(28)25-12-26-21(18)30-22(2)6-7-22;8-6-2-1-4-5(9-4)3-7-6/h3-5,8-10,12,29H,6-7,11H2,1-2H3;4-5H,1-3H2,(H,7,8). The Morgan fingerprint density at radius 3 is 2.82 bits per heavy atom. The summed E-state index contributed by atoms with van der Waals surface area (Å²) in [6.45, 7) is 5.46. The van der Waals surface area contributed by atoms with Crippen molar-refractivity contribution in [2.45, 2.75) is 62.2 Å². The minimum absolute atomic E-state index is 0.0947. The second-order valence-corrected chi connectivity index (χ2v) is 12.4. The maximum absolute atomic E-state index is 10.7. The number of rotatable bonds is 5. The molecule has 5 heterocycles. The normalized spacial score (nSPS) is 20.7. The number of ether oxygens (including phenoxy) is 1. The van der Waals surface area contributed by atoms with Crippen molar-refractivity contribution in [3.05, 3.63) is 59.1 Å². The number of nitrogens with zero attached hydrogens (tertiary/aromatic N) is 5. The van der Waals surface area contributed by atoms with Gasteiger partial charge in [-0.15, -0.1) is 0 Å². The molecule has 0 radical (unpaired) electrons. The molecule has 1 saturated carbocycles. The highest BCUT2D eigenvalue weighted by molar-refractivity contribution is 8.07. The average molecular weight is 565 g/mol. The third kappa shape index (κ3) is 5.81. The molecule has 7 rings (SSSR count). The molecule has 2 aliphatic heterocycles. The number of hydrogen-bond donors (Lipinski definition) is 2. The summed E-state index contributed by atoms with van der Waals surface area (Å²) in [4.78, 5) is 28.9. The zero-order valence-electron chi connectivity index (χ0n) is 21.7. The fourth-order valence-electron chi connectivity index (χ4n) is 4.58. The number of pyridine rings is 1. The number of imidazole rings is 1. The van der Waals surface area contributed by atoms with Gasteiger partial charge in [0.05, 0.1) is 17.3 Å². The summed E-state index contributed by atoms with van der Waals surface area (Å²) in [5.41, 5.74) is 3.71. The van der Waals surface area contributed by atoms with E-state index in [4.69, 9.17) is 21.3 Å². The van der Waals surface area contributed by atoms with Crippen molar-refractivity contribution in [3.8, 4) is 23.0 Å². The number of hydrogen-bond acceptors (Lipinski definition) is 8. The minimum atomic E-state index is -0.195. The van der Waals surface area contributed by atoms with Gasteiger partial charge in [0.15, 0.2) is 11.2 Å². The topological polar surface area (TPSA) is 115 Å². The smallest absolute Gasteiger partial charge is 0.245 e. The number of aromatic nitrogens is 5. The van der Waals surface area contributed by atoms with Gasteiger partial charge in [-0.3, -0.25) is 9.78 Å². The van der Waals surface area contributed by atoms with Gasteiger partial charge in [-0.25, -0.2) is 9.97 Å². The van der Waals surface area contributed by atoms with Crippen LogP contribution in [-0.4, -0.2) is 58.2 Å². The highest BCUT2D eigenvalue weighted by Crippen LogP contribution is 2.45. The molecule has 3 fully saturated rings. The number of aryl methyl sites for hydroxylation is 1. The van der Waals surface area contributed by atoms with E-state index >= 15 is 0 Å². The molecule has 11 heteroatoms. The third-order valence-corrected chi connectivity index (χ3v) is 8.88. The first-order chi connectivity index (χ1) is 18.8. The monoisotopic (exact) mass is 564 g/mol.